The van der Waals surface area contributed by atoms with Gasteiger partial charge in [0.1, 0.15) is 0 Å². The van der Waals surface area contributed by atoms with E-state index in [1.807, 2.05) is 33.0 Å². The molecule has 0 radical (unpaired) electrons. The van der Waals surface area contributed by atoms with Gasteiger partial charge in [-0.25, -0.2) is 0 Å². The molecule has 0 aliphatic heterocycles. The summed E-state index contributed by atoms with van der Waals surface area (Å²) in [7, 11) is 1.99. The minimum atomic E-state index is -0.263. The maximum atomic E-state index is 8.96. The van der Waals surface area contributed by atoms with Gasteiger partial charge in [0, 0.05) is 18.6 Å². The van der Waals surface area contributed by atoms with Crippen LogP contribution in [0.4, 0.5) is 11.4 Å². The van der Waals surface area contributed by atoms with Crippen LogP contribution in [0.3, 0.4) is 0 Å². The van der Waals surface area contributed by atoms with Crippen LogP contribution in [-0.4, -0.2) is 13.6 Å². The first-order valence-electron chi connectivity index (χ1n) is 6.03. The molecular formula is C14H20ClN3. The fourth-order valence-corrected chi connectivity index (χ4v) is 1.95. The Bertz CT molecular complexity index is 449. The van der Waals surface area contributed by atoms with E-state index in [0.29, 0.717) is 5.02 Å². The van der Waals surface area contributed by atoms with Crippen molar-refractivity contribution >= 4 is 23.0 Å². The third-order valence-corrected chi connectivity index (χ3v) is 3.24. The van der Waals surface area contributed by atoms with Crippen molar-refractivity contribution in [2.75, 3.05) is 24.2 Å². The number of hydrogen-bond acceptors (Lipinski definition) is 3. The molecule has 0 spiro atoms. The molecular weight excluding hydrogens is 246 g/mol. The molecule has 0 aromatic heterocycles. The lowest BCUT2D eigenvalue weighted by Crippen LogP contribution is -2.21. The molecule has 0 saturated heterocycles. The van der Waals surface area contributed by atoms with Gasteiger partial charge in [-0.15, -0.1) is 0 Å². The molecule has 0 heterocycles. The Balaban J connectivity index is 2.59. The molecule has 18 heavy (non-hydrogen) atoms. The van der Waals surface area contributed by atoms with Gasteiger partial charge in [-0.3, -0.25) is 0 Å². The number of anilines is 2. The van der Waals surface area contributed by atoms with Crippen molar-refractivity contribution in [2.45, 2.75) is 26.7 Å². The first-order chi connectivity index (χ1) is 8.35. The molecule has 0 fully saturated rings. The number of nitrogen functional groups attached to an aromatic ring is 1. The Kier molecular flexibility index (Phi) is 4.86. The van der Waals surface area contributed by atoms with Crippen molar-refractivity contribution in [1.82, 2.24) is 0 Å². The fourth-order valence-electron chi connectivity index (χ4n) is 1.78. The van der Waals surface area contributed by atoms with Gasteiger partial charge in [-0.2, -0.15) is 5.26 Å². The zero-order valence-electron chi connectivity index (χ0n) is 11.2. The summed E-state index contributed by atoms with van der Waals surface area (Å²) in [5.74, 6) is 0. The molecule has 0 unspecified atom stereocenters. The summed E-state index contributed by atoms with van der Waals surface area (Å²) in [6.45, 7) is 4.77. The molecule has 1 aromatic rings. The third-order valence-electron chi connectivity index (χ3n) is 3.00. The van der Waals surface area contributed by atoms with Gasteiger partial charge in [0.15, 0.2) is 0 Å². The molecule has 0 aliphatic carbocycles. The molecule has 1 aromatic carbocycles. The van der Waals surface area contributed by atoms with Gasteiger partial charge in [0.05, 0.1) is 22.9 Å². The number of nitriles is 1. The first-order valence-corrected chi connectivity index (χ1v) is 6.41. The van der Waals surface area contributed by atoms with Crippen molar-refractivity contribution in [2.24, 2.45) is 5.41 Å². The summed E-state index contributed by atoms with van der Waals surface area (Å²) in [5, 5.41) is 9.64. The Labute approximate surface area is 114 Å². The normalized spacial score (nSPS) is 11.1. The van der Waals surface area contributed by atoms with Gasteiger partial charge in [-0.1, -0.05) is 11.6 Å². The van der Waals surface area contributed by atoms with Crippen molar-refractivity contribution in [1.29, 1.82) is 5.26 Å². The predicted molar refractivity (Wildman–Crippen MR) is 77.8 cm³/mol. The maximum absolute atomic E-state index is 8.96. The quantitative estimate of drug-likeness (QED) is 0.826. The van der Waals surface area contributed by atoms with Crippen LogP contribution in [0.1, 0.15) is 26.7 Å². The maximum Gasteiger partial charge on any atom is 0.0683 e. The van der Waals surface area contributed by atoms with Crippen LogP contribution >= 0.6 is 11.6 Å². The van der Waals surface area contributed by atoms with Crippen LogP contribution in [0.5, 0.6) is 0 Å². The summed E-state index contributed by atoms with van der Waals surface area (Å²) in [5.41, 5.74) is 7.32. The highest BCUT2D eigenvalue weighted by Gasteiger charge is 2.16. The Morgan fingerprint density at radius 2 is 2.11 bits per heavy atom. The molecule has 4 heteroatoms. The van der Waals surface area contributed by atoms with E-state index in [0.717, 1.165) is 30.8 Å². The number of rotatable bonds is 5. The van der Waals surface area contributed by atoms with Crippen molar-refractivity contribution < 1.29 is 0 Å². The highest BCUT2D eigenvalue weighted by molar-refractivity contribution is 6.31. The van der Waals surface area contributed by atoms with Crippen molar-refractivity contribution in [3.05, 3.63) is 23.2 Å². The van der Waals surface area contributed by atoms with E-state index in [1.54, 1.807) is 6.07 Å². The van der Waals surface area contributed by atoms with E-state index >= 15 is 0 Å². The van der Waals surface area contributed by atoms with E-state index < -0.39 is 0 Å². The Hall–Kier alpha value is -1.40. The van der Waals surface area contributed by atoms with E-state index in [-0.39, 0.29) is 5.41 Å². The zero-order chi connectivity index (χ0) is 13.8. The van der Waals surface area contributed by atoms with Gasteiger partial charge in [-0.05, 0) is 44.9 Å². The van der Waals surface area contributed by atoms with Crippen LogP contribution < -0.4 is 10.6 Å². The summed E-state index contributed by atoms with van der Waals surface area (Å²) in [6, 6.07) is 7.78. The summed E-state index contributed by atoms with van der Waals surface area (Å²) in [4.78, 5) is 2.08. The lowest BCUT2D eigenvalue weighted by atomic mass is 9.90. The minimum Gasteiger partial charge on any atom is -0.397 e. The van der Waals surface area contributed by atoms with Crippen LogP contribution in [0.2, 0.25) is 5.02 Å². The van der Waals surface area contributed by atoms with Crippen LogP contribution in [0, 0.1) is 16.7 Å². The molecule has 2 N–H and O–H groups in total. The fraction of sp³-hybridized carbons (Fsp3) is 0.500. The smallest absolute Gasteiger partial charge is 0.0683 e. The van der Waals surface area contributed by atoms with E-state index in [1.165, 1.54) is 0 Å². The molecule has 0 atom stereocenters. The molecule has 0 bridgehead atoms. The molecule has 3 nitrogen and oxygen atoms in total. The van der Waals surface area contributed by atoms with Gasteiger partial charge >= 0.3 is 0 Å². The molecule has 98 valence electrons. The van der Waals surface area contributed by atoms with Crippen LogP contribution in [0.15, 0.2) is 18.2 Å². The number of nitrogens with two attached hydrogens (primary N) is 1. The van der Waals surface area contributed by atoms with E-state index in [4.69, 9.17) is 22.6 Å². The highest BCUT2D eigenvalue weighted by Crippen LogP contribution is 2.27. The number of halogens is 1. The summed E-state index contributed by atoms with van der Waals surface area (Å²) < 4.78 is 0. The van der Waals surface area contributed by atoms with Gasteiger partial charge in [0.2, 0.25) is 0 Å². The summed E-state index contributed by atoms with van der Waals surface area (Å²) >= 11 is 5.96. The topological polar surface area (TPSA) is 53.0 Å². The Morgan fingerprint density at radius 3 is 2.72 bits per heavy atom. The Morgan fingerprint density at radius 1 is 1.44 bits per heavy atom. The minimum absolute atomic E-state index is 0.263. The zero-order valence-corrected chi connectivity index (χ0v) is 12.0. The second-order valence-corrected chi connectivity index (χ2v) is 5.66. The second-order valence-electron chi connectivity index (χ2n) is 5.22. The third kappa shape index (κ3) is 4.12. The van der Waals surface area contributed by atoms with Gasteiger partial charge in [0.25, 0.3) is 0 Å². The molecule has 1 rings (SSSR count). The van der Waals surface area contributed by atoms with Crippen LogP contribution in [-0.2, 0) is 0 Å². The monoisotopic (exact) mass is 265 g/mol. The molecule has 0 amide bonds. The number of benzene rings is 1. The van der Waals surface area contributed by atoms with Crippen molar-refractivity contribution in [3.8, 4) is 6.07 Å². The van der Waals surface area contributed by atoms with Gasteiger partial charge < -0.3 is 10.6 Å². The van der Waals surface area contributed by atoms with Crippen molar-refractivity contribution in [3.63, 3.8) is 0 Å². The predicted octanol–water partition coefficient (Wildman–Crippen LogP) is 3.69. The second kappa shape index (κ2) is 5.97. The van der Waals surface area contributed by atoms with E-state index in [9.17, 15) is 0 Å². The summed E-state index contributed by atoms with van der Waals surface area (Å²) in [6.07, 6.45) is 1.82. The van der Waals surface area contributed by atoms with Crippen LogP contribution in [0.25, 0.3) is 0 Å². The number of nitrogens with zero attached hydrogens (tertiary/aromatic N) is 2. The molecule has 0 saturated carbocycles. The lowest BCUT2D eigenvalue weighted by molar-refractivity contribution is 0.436. The average Bonchev–Trinajstić information content (AvgIpc) is 2.32. The highest BCUT2D eigenvalue weighted by atomic mass is 35.5. The standard InChI is InChI=1S/C14H20ClN3/c1-14(2,10-16)7-4-8-18(3)13-9-11(15)5-6-12(13)17/h5-6,9H,4,7-8,17H2,1-3H3. The average molecular weight is 266 g/mol. The first kappa shape index (κ1) is 14.7. The largest absolute Gasteiger partial charge is 0.397 e. The molecule has 0 aliphatic rings. The van der Waals surface area contributed by atoms with E-state index in [2.05, 4.69) is 11.0 Å². The number of hydrogen-bond donors (Lipinski definition) is 1. The lowest BCUT2D eigenvalue weighted by Gasteiger charge is -2.23. The SMILES string of the molecule is CN(CCCC(C)(C)C#N)c1cc(Cl)ccc1N.